The van der Waals surface area contributed by atoms with E-state index < -0.39 is 25.5 Å². The minimum atomic E-state index is -4.38. The van der Waals surface area contributed by atoms with E-state index in [0.29, 0.717) is 23.0 Å². The Labute approximate surface area is 334 Å². The van der Waals surface area contributed by atoms with Crippen LogP contribution in [-0.2, 0) is 19.0 Å². The predicted octanol–water partition coefficient (Wildman–Crippen LogP) is 12.3. The molecule has 6 rings (SSSR count). The molecule has 0 fully saturated rings. The van der Waals surface area contributed by atoms with E-state index in [0.717, 1.165) is 44.5 Å². The van der Waals surface area contributed by atoms with Gasteiger partial charge >= 0.3 is 15.6 Å². The molecule has 0 aliphatic rings. The van der Waals surface area contributed by atoms with E-state index in [2.05, 4.69) is 0 Å². The Balaban J connectivity index is 1.24. The first kappa shape index (κ1) is 41.2. The highest BCUT2D eigenvalue weighted by Gasteiger charge is 2.36. The van der Waals surface area contributed by atoms with E-state index in [1.165, 1.54) is 48.5 Å². The van der Waals surface area contributed by atoms with Gasteiger partial charge in [-0.05, 0) is 173 Å². The lowest BCUT2D eigenvalue weighted by Gasteiger charge is -2.22. The molecule has 0 bridgehead atoms. The van der Waals surface area contributed by atoms with Crippen LogP contribution in [-0.4, -0.2) is 8.42 Å². The molecule has 296 valence electrons. The summed E-state index contributed by atoms with van der Waals surface area (Å²) < 4.78 is 91.8. The Morgan fingerprint density at radius 1 is 0.351 bits per heavy atom. The first-order valence-electron chi connectivity index (χ1n) is 18.0. The van der Waals surface area contributed by atoms with Gasteiger partial charge in [0.25, 0.3) is 0 Å². The third-order valence-corrected chi connectivity index (χ3v) is 14.1. The van der Waals surface area contributed by atoms with Crippen LogP contribution in [0.4, 0.5) is 0 Å². The normalized spacial score (nSPS) is 11.8. The van der Waals surface area contributed by atoms with Gasteiger partial charge in [0, 0.05) is 0 Å². The Morgan fingerprint density at radius 3 is 0.842 bits per heavy atom. The molecule has 0 amide bonds. The zero-order valence-electron chi connectivity index (χ0n) is 32.9. The fraction of sp³-hybridized carbons (Fsp3) is 0.182. The Kier molecular flexibility index (Phi) is 12.0. The molecule has 57 heavy (non-hydrogen) atoms. The third kappa shape index (κ3) is 9.40. The molecule has 6 aromatic carbocycles. The second-order valence-electron chi connectivity index (χ2n) is 13.7. The third-order valence-electron chi connectivity index (χ3n) is 9.76. The molecule has 0 N–H and O–H groups in total. The Morgan fingerprint density at radius 2 is 0.596 bits per heavy atom. The van der Waals surface area contributed by atoms with Crippen molar-refractivity contribution >= 4 is 25.5 Å². The van der Waals surface area contributed by atoms with Crippen molar-refractivity contribution in [3.8, 4) is 34.5 Å². The summed E-state index contributed by atoms with van der Waals surface area (Å²) in [5.41, 5.74) is 6.72. The first-order chi connectivity index (χ1) is 27.0. The monoisotopic (exact) mass is 826 g/mol. The maximum absolute atomic E-state index is 14.3. The van der Waals surface area contributed by atoms with Crippen molar-refractivity contribution < 1.29 is 44.7 Å². The second-order valence-corrected chi connectivity index (χ2v) is 18.5. The molecule has 0 heterocycles. The van der Waals surface area contributed by atoms with Gasteiger partial charge in [-0.3, -0.25) is 0 Å². The Hall–Kier alpha value is -5.47. The summed E-state index contributed by atoms with van der Waals surface area (Å²) in [6.07, 6.45) is 0. The molecule has 0 saturated heterocycles. The summed E-state index contributed by atoms with van der Waals surface area (Å²) in [5, 5.41) is 0. The molecule has 0 aliphatic carbocycles. The minimum Gasteiger partial charge on any atom is -0.386 e. The molecule has 10 nitrogen and oxygen atoms in total. The highest BCUT2D eigenvalue weighted by Crippen LogP contribution is 2.53. The summed E-state index contributed by atoms with van der Waals surface area (Å²) in [5.74, 6) is 1.39. The lowest BCUT2D eigenvalue weighted by molar-refractivity contribution is 0.295. The SMILES string of the molecule is Cc1cccc(OP(=O)(Oc2ccc(S(=O)(=O)c3ccc(OP(=O)(Oc4cccc(C)c4C)Oc4cccc(C)c4C)cc3)cc2)Oc2cccc(C)c2C)c1C. The molecular formula is C44H44O10P2S. The van der Waals surface area contributed by atoms with Gasteiger partial charge < -0.3 is 27.1 Å². The fourth-order valence-electron chi connectivity index (χ4n) is 5.64. The van der Waals surface area contributed by atoms with Gasteiger partial charge in [0.2, 0.25) is 9.84 Å². The van der Waals surface area contributed by atoms with Crippen LogP contribution < -0.4 is 27.1 Å². The molecule has 0 aliphatic heterocycles. The number of phosphoric acid groups is 2. The van der Waals surface area contributed by atoms with Gasteiger partial charge in [0.05, 0.1) is 9.79 Å². The van der Waals surface area contributed by atoms with Crippen LogP contribution in [0.5, 0.6) is 34.5 Å². The van der Waals surface area contributed by atoms with Gasteiger partial charge in [-0.2, -0.15) is 9.13 Å². The number of sulfone groups is 1. The van der Waals surface area contributed by atoms with Gasteiger partial charge in [0.1, 0.15) is 34.5 Å². The van der Waals surface area contributed by atoms with Crippen LogP contribution >= 0.6 is 15.6 Å². The summed E-state index contributed by atoms with van der Waals surface area (Å²) in [7, 11) is -12.8. The van der Waals surface area contributed by atoms with Crippen molar-refractivity contribution in [3.05, 3.63) is 166 Å². The quantitative estimate of drug-likeness (QED) is 0.0980. The van der Waals surface area contributed by atoms with E-state index in [1.54, 1.807) is 48.5 Å². The molecular weight excluding hydrogens is 782 g/mol. The van der Waals surface area contributed by atoms with Crippen molar-refractivity contribution in [2.75, 3.05) is 0 Å². The van der Waals surface area contributed by atoms with E-state index in [4.69, 9.17) is 27.1 Å². The fourth-order valence-corrected chi connectivity index (χ4v) is 9.64. The second kappa shape index (κ2) is 16.6. The summed E-state index contributed by atoms with van der Waals surface area (Å²) in [6.45, 7) is 15.0. The number of phosphoric ester groups is 2. The maximum Gasteiger partial charge on any atom is 0.647 e. The van der Waals surface area contributed by atoms with Crippen LogP contribution in [0.1, 0.15) is 44.5 Å². The highest BCUT2D eigenvalue weighted by molar-refractivity contribution is 7.91. The number of hydrogen-bond donors (Lipinski definition) is 0. The van der Waals surface area contributed by atoms with Crippen LogP contribution in [0.2, 0.25) is 0 Å². The molecule has 0 spiro atoms. The van der Waals surface area contributed by atoms with Gasteiger partial charge in [0.15, 0.2) is 0 Å². The largest absolute Gasteiger partial charge is 0.647 e. The van der Waals surface area contributed by atoms with Crippen LogP contribution in [0.15, 0.2) is 131 Å². The van der Waals surface area contributed by atoms with E-state index in [9.17, 15) is 17.5 Å². The van der Waals surface area contributed by atoms with Gasteiger partial charge in [-0.25, -0.2) is 8.42 Å². The number of rotatable bonds is 14. The Bertz CT molecular complexity index is 2350. The molecule has 0 aromatic heterocycles. The molecule has 0 radical (unpaired) electrons. The van der Waals surface area contributed by atoms with Gasteiger partial charge in [-0.15, -0.1) is 0 Å². The van der Waals surface area contributed by atoms with Crippen molar-refractivity contribution in [2.24, 2.45) is 0 Å². The van der Waals surface area contributed by atoms with Crippen LogP contribution in [0.3, 0.4) is 0 Å². The van der Waals surface area contributed by atoms with Crippen molar-refractivity contribution in [1.82, 2.24) is 0 Å². The summed E-state index contributed by atoms with van der Waals surface area (Å²) >= 11 is 0. The summed E-state index contributed by atoms with van der Waals surface area (Å²) in [6, 6.07) is 32.2. The highest BCUT2D eigenvalue weighted by atomic mass is 32.2. The van der Waals surface area contributed by atoms with E-state index in [1.807, 2.05) is 79.7 Å². The van der Waals surface area contributed by atoms with Crippen LogP contribution in [0, 0.1) is 55.4 Å². The smallest absolute Gasteiger partial charge is 0.386 e. The zero-order valence-corrected chi connectivity index (χ0v) is 35.5. The van der Waals surface area contributed by atoms with Crippen LogP contribution in [0.25, 0.3) is 0 Å². The zero-order chi connectivity index (χ0) is 41.1. The molecule has 13 heteroatoms. The maximum atomic E-state index is 14.3. The summed E-state index contributed by atoms with van der Waals surface area (Å²) in [4.78, 5) is -0.127. The average molecular weight is 827 g/mol. The number of aryl methyl sites for hydroxylation is 4. The molecule has 0 saturated carbocycles. The molecule has 0 atom stereocenters. The topological polar surface area (TPSA) is 124 Å². The van der Waals surface area contributed by atoms with E-state index in [-0.39, 0.29) is 21.3 Å². The predicted molar refractivity (Wildman–Crippen MR) is 221 cm³/mol. The number of benzene rings is 6. The lowest BCUT2D eigenvalue weighted by atomic mass is 10.1. The van der Waals surface area contributed by atoms with Crippen molar-refractivity contribution in [1.29, 1.82) is 0 Å². The number of hydrogen-bond acceptors (Lipinski definition) is 10. The first-order valence-corrected chi connectivity index (χ1v) is 22.5. The average Bonchev–Trinajstić information content (AvgIpc) is 3.16. The van der Waals surface area contributed by atoms with Crippen molar-refractivity contribution in [2.45, 2.75) is 65.2 Å². The molecule has 0 unspecified atom stereocenters. The van der Waals surface area contributed by atoms with E-state index >= 15 is 0 Å². The van der Waals surface area contributed by atoms with Gasteiger partial charge in [-0.1, -0.05) is 48.5 Å². The van der Waals surface area contributed by atoms with Crippen molar-refractivity contribution in [3.63, 3.8) is 0 Å². The lowest BCUT2D eigenvalue weighted by Crippen LogP contribution is -2.10. The molecule has 6 aromatic rings. The standard InChI is InChI=1S/C44H44O10P2S/c1-29-13-9-17-41(33(29)5)51-55(45,52-42-18-10-14-30(2)34(42)6)49-37-21-25-39(26-22-37)57(47,48)40-27-23-38(24-28-40)50-56(46,53-43-19-11-15-31(3)35(43)7)54-44-20-12-16-32(4)36(44)8/h9-28H,1-8H3. The minimum absolute atomic E-state index is 0.0556.